The summed E-state index contributed by atoms with van der Waals surface area (Å²) in [5.41, 5.74) is 3.24. The minimum atomic E-state index is -0.637. The highest BCUT2D eigenvalue weighted by Gasteiger charge is 2.42. The van der Waals surface area contributed by atoms with Crippen molar-refractivity contribution in [1.82, 2.24) is 15.1 Å². The minimum Gasteiger partial charge on any atom is -0.497 e. The number of nitrogens with one attached hydrogen (secondary N) is 1. The number of fused-ring (bicyclic) bond motifs is 1. The molecule has 2 heterocycles. The largest absolute Gasteiger partial charge is 0.497 e. The molecule has 1 amide bonds. The Morgan fingerprint density at radius 3 is 2.56 bits per heavy atom. The molecule has 0 fully saturated rings. The van der Waals surface area contributed by atoms with Crippen molar-refractivity contribution < 1.29 is 23.8 Å². The molecule has 4 rings (SSSR count). The topological polar surface area (TPSA) is 92.7 Å². The molecule has 1 N–H and O–H groups in total. The van der Waals surface area contributed by atoms with Crippen LogP contribution in [0.3, 0.4) is 0 Å². The normalized spacial score (nSPS) is 16.5. The zero-order chi connectivity index (χ0) is 27.9. The summed E-state index contributed by atoms with van der Waals surface area (Å²) in [5.74, 6) is 0.597. The highest BCUT2D eigenvalue weighted by molar-refractivity contribution is 8.16. The van der Waals surface area contributed by atoms with Crippen LogP contribution in [-0.2, 0) is 20.9 Å². The van der Waals surface area contributed by atoms with Gasteiger partial charge in [0.05, 0.1) is 38.0 Å². The van der Waals surface area contributed by atoms with E-state index < -0.39 is 12.0 Å². The molecule has 0 spiro atoms. The summed E-state index contributed by atoms with van der Waals surface area (Å²) in [6.45, 7) is 3.20. The van der Waals surface area contributed by atoms with Gasteiger partial charge in [0.25, 0.3) is 0 Å². The molecule has 10 heteroatoms. The molecule has 2 aromatic carbocycles. The number of methoxy groups -OCH3 is 2. The van der Waals surface area contributed by atoms with Gasteiger partial charge < -0.3 is 29.3 Å². The molecule has 206 valence electrons. The molecule has 2 aliphatic rings. The van der Waals surface area contributed by atoms with E-state index in [-0.39, 0.29) is 18.9 Å². The van der Waals surface area contributed by atoms with Crippen LogP contribution in [0.4, 0.5) is 0 Å². The summed E-state index contributed by atoms with van der Waals surface area (Å²) in [6, 6.07) is 14.3. The molecule has 0 saturated carbocycles. The van der Waals surface area contributed by atoms with E-state index in [0.717, 1.165) is 17.8 Å². The number of amides is 1. The van der Waals surface area contributed by atoms with Crippen LogP contribution >= 0.6 is 11.8 Å². The highest BCUT2D eigenvalue weighted by Crippen LogP contribution is 2.47. The van der Waals surface area contributed by atoms with Gasteiger partial charge in [0, 0.05) is 24.4 Å². The maximum Gasteiger partial charge on any atom is 0.338 e. The Bertz CT molecular complexity index is 1310. The molecule has 0 unspecified atom stereocenters. The van der Waals surface area contributed by atoms with Crippen LogP contribution in [0.1, 0.15) is 30.5 Å². The first-order valence-electron chi connectivity index (χ1n) is 12.6. The summed E-state index contributed by atoms with van der Waals surface area (Å²) < 4.78 is 17.0. The van der Waals surface area contributed by atoms with Gasteiger partial charge in [-0.3, -0.25) is 4.79 Å². The number of nitrogens with zero attached hydrogens (tertiary/aromatic N) is 3. The van der Waals surface area contributed by atoms with E-state index in [1.165, 1.54) is 11.8 Å². The minimum absolute atomic E-state index is 0.110. The summed E-state index contributed by atoms with van der Waals surface area (Å²) in [6.07, 6.45) is 0.133. The van der Waals surface area contributed by atoms with Crippen LogP contribution in [0.5, 0.6) is 11.5 Å². The number of esters is 1. The summed E-state index contributed by atoms with van der Waals surface area (Å²) in [4.78, 5) is 35.2. The van der Waals surface area contributed by atoms with Gasteiger partial charge in [-0.25, -0.2) is 9.79 Å². The lowest BCUT2D eigenvalue weighted by atomic mass is 9.92. The van der Waals surface area contributed by atoms with E-state index in [1.54, 1.807) is 27.2 Å². The standard InChI is InChI=1S/C29H34N4O5S/c1-19-26(28(35)38-17-20-9-7-6-8-10-20)27(23-16-22(36-4)11-12-24(23)37-5)33-21(18-39-29(33)31-19)15-25(34)30-13-14-32(2)3/h6-12,16,18,27H,13-15,17H2,1-5H3,(H,30,34)/t27-/m1/s1. The predicted molar refractivity (Wildman–Crippen MR) is 152 cm³/mol. The number of hydrogen-bond acceptors (Lipinski definition) is 9. The number of likely N-dealkylation sites (N-methyl/N-ethyl adjacent to an activating group) is 1. The summed E-state index contributed by atoms with van der Waals surface area (Å²) in [5, 5.41) is 5.56. The Balaban J connectivity index is 1.70. The van der Waals surface area contributed by atoms with E-state index in [2.05, 4.69) is 5.32 Å². The first-order valence-corrected chi connectivity index (χ1v) is 13.5. The number of allylic oxidation sites excluding steroid dienone is 1. The molecular weight excluding hydrogens is 516 g/mol. The number of carbonyl (C=O) groups is 2. The van der Waals surface area contributed by atoms with E-state index in [9.17, 15) is 9.59 Å². The number of thioether (sulfide) groups is 1. The van der Waals surface area contributed by atoms with Crippen LogP contribution in [0.15, 0.2) is 75.9 Å². The molecule has 0 aromatic heterocycles. The predicted octanol–water partition coefficient (Wildman–Crippen LogP) is 4.09. The van der Waals surface area contributed by atoms with Gasteiger partial charge in [-0.1, -0.05) is 42.1 Å². The third kappa shape index (κ3) is 6.63. The van der Waals surface area contributed by atoms with Gasteiger partial charge in [-0.2, -0.15) is 0 Å². The third-order valence-corrected chi connectivity index (χ3v) is 7.28. The van der Waals surface area contributed by atoms with Crippen LogP contribution < -0.4 is 14.8 Å². The molecule has 0 saturated heterocycles. The summed E-state index contributed by atoms with van der Waals surface area (Å²) in [7, 11) is 7.08. The second-order valence-electron chi connectivity index (χ2n) is 9.39. The fraction of sp³-hybridized carbons (Fsp3) is 0.345. The first-order chi connectivity index (χ1) is 18.8. The fourth-order valence-electron chi connectivity index (χ4n) is 4.42. The molecule has 1 atom stereocenters. The monoisotopic (exact) mass is 550 g/mol. The van der Waals surface area contributed by atoms with Crippen LogP contribution in [0.25, 0.3) is 0 Å². The van der Waals surface area contributed by atoms with Gasteiger partial charge in [-0.05, 0) is 50.2 Å². The lowest BCUT2D eigenvalue weighted by molar-refractivity contribution is -0.141. The number of amidine groups is 1. The zero-order valence-corrected chi connectivity index (χ0v) is 23.7. The molecule has 0 aliphatic carbocycles. The number of hydrogen-bond donors (Lipinski definition) is 1. The van der Waals surface area contributed by atoms with E-state index in [4.69, 9.17) is 19.2 Å². The molecule has 0 radical (unpaired) electrons. The Morgan fingerprint density at radius 2 is 1.87 bits per heavy atom. The molecule has 2 aromatic rings. The average Bonchev–Trinajstić information content (AvgIpc) is 3.32. The van der Waals surface area contributed by atoms with Crippen LogP contribution in [0.2, 0.25) is 0 Å². The smallest absolute Gasteiger partial charge is 0.338 e. The van der Waals surface area contributed by atoms with Gasteiger partial charge in [0.2, 0.25) is 5.91 Å². The van der Waals surface area contributed by atoms with Crippen molar-refractivity contribution in [3.05, 3.63) is 82.0 Å². The van der Waals surface area contributed by atoms with Crippen LogP contribution in [-0.4, -0.2) is 68.2 Å². The Morgan fingerprint density at radius 1 is 1.10 bits per heavy atom. The quantitative estimate of drug-likeness (QED) is 0.419. The molecule has 9 nitrogen and oxygen atoms in total. The van der Waals surface area contributed by atoms with E-state index >= 15 is 0 Å². The Hall–Kier alpha value is -3.76. The van der Waals surface area contributed by atoms with Gasteiger partial charge in [0.1, 0.15) is 18.1 Å². The number of rotatable bonds is 11. The average molecular weight is 551 g/mol. The lowest BCUT2D eigenvalue weighted by Crippen LogP contribution is -2.38. The Kier molecular flexibility index (Phi) is 9.32. The molecular formula is C29H34N4O5S. The molecule has 39 heavy (non-hydrogen) atoms. The van der Waals surface area contributed by atoms with E-state index in [0.29, 0.717) is 40.0 Å². The van der Waals surface area contributed by atoms with Crippen molar-refractivity contribution in [2.24, 2.45) is 4.99 Å². The summed E-state index contributed by atoms with van der Waals surface area (Å²) >= 11 is 1.42. The highest BCUT2D eigenvalue weighted by atomic mass is 32.2. The second kappa shape index (κ2) is 12.9. The van der Waals surface area contributed by atoms with Crippen LogP contribution in [0, 0.1) is 0 Å². The van der Waals surface area contributed by atoms with Gasteiger partial charge in [0.15, 0.2) is 5.17 Å². The van der Waals surface area contributed by atoms with Crippen molar-refractivity contribution >= 4 is 28.8 Å². The SMILES string of the molecule is COc1ccc(OC)c([C@@H]2C(C(=O)OCc3ccccc3)=C(C)N=C3SC=C(CC(=O)NCCN(C)C)N32)c1. The fourth-order valence-corrected chi connectivity index (χ4v) is 5.39. The maximum absolute atomic E-state index is 13.7. The van der Waals surface area contributed by atoms with Crippen molar-refractivity contribution in [2.75, 3.05) is 41.4 Å². The molecule has 0 bridgehead atoms. The van der Waals surface area contributed by atoms with E-state index in [1.807, 2.05) is 71.8 Å². The maximum atomic E-state index is 13.7. The van der Waals surface area contributed by atoms with Crippen molar-refractivity contribution in [3.63, 3.8) is 0 Å². The molecule has 2 aliphatic heterocycles. The number of aliphatic imine (C=N–C) groups is 1. The zero-order valence-electron chi connectivity index (χ0n) is 22.9. The third-order valence-electron chi connectivity index (χ3n) is 6.39. The first kappa shape index (κ1) is 28.3. The van der Waals surface area contributed by atoms with Crippen molar-refractivity contribution in [1.29, 1.82) is 0 Å². The van der Waals surface area contributed by atoms with Gasteiger partial charge in [-0.15, -0.1) is 0 Å². The second-order valence-corrected chi connectivity index (χ2v) is 10.2. The number of ether oxygens (including phenoxy) is 3. The van der Waals surface area contributed by atoms with Crippen molar-refractivity contribution in [2.45, 2.75) is 26.0 Å². The van der Waals surface area contributed by atoms with Crippen molar-refractivity contribution in [3.8, 4) is 11.5 Å². The van der Waals surface area contributed by atoms with Gasteiger partial charge >= 0.3 is 5.97 Å². The Labute approximate surface area is 233 Å². The number of carbonyl (C=O) groups excluding carboxylic acids is 2. The lowest BCUT2D eigenvalue weighted by Gasteiger charge is -2.37. The number of benzene rings is 2.